The van der Waals surface area contributed by atoms with Crippen LogP contribution in [-0.4, -0.2) is 24.6 Å². The van der Waals surface area contributed by atoms with Crippen molar-refractivity contribution in [1.29, 1.82) is 0 Å². The molecule has 0 saturated carbocycles. The molecule has 0 spiro atoms. The van der Waals surface area contributed by atoms with Gasteiger partial charge in [-0.05, 0) is 29.7 Å². The van der Waals surface area contributed by atoms with Crippen LogP contribution in [0.15, 0.2) is 42.1 Å². The highest BCUT2D eigenvalue weighted by Gasteiger charge is 2.30. The van der Waals surface area contributed by atoms with Crippen molar-refractivity contribution < 1.29 is 22.7 Å². The number of rotatable bonds is 4. The summed E-state index contributed by atoms with van der Waals surface area (Å²) in [5.41, 5.74) is 3.79. The summed E-state index contributed by atoms with van der Waals surface area (Å²) in [7, 11) is 1.28. The van der Waals surface area contributed by atoms with E-state index in [2.05, 4.69) is 5.43 Å². The van der Waals surface area contributed by atoms with Crippen molar-refractivity contribution in [3.63, 3.8) is 0 Å². The Morgan fingerprint density at radius 1 is 1.25 bits per heavy atom. The van der Waals surface area contributed by atoms with E-state index in [0.717, 1.165) is 12.1 Å². The van der Waals surface area contributed by atoms with Gasteiger partial charge in [-0.3, -0.25) is 10.4 Å². The minimum atomic E-state index is -4.38. The molecule has 24 heavy (non-hydrogen) atoms. The number of halogens is 3. The maximum atomic E-state index is 12.7. The topological polar surface area (TPSA) is 41.6 Å². The molecule has 130 valence electrons. The second kappa shape index (κ2) is 6.98. The molecule has 0 unspecified atom stereocenters. The van der Waals surface area contributed by atoms with E-state index in [0.29, 0.717) is 29.3 Å². The molecule has 0 bridgehead atoms. The third-order valence-electron chi connectivity index (χ3n) is 3.36. The normalized spacial score (nSPS) is 14.9. The molecule has 1 N–H and O–H groups in total. The van der Waals surface area contributed by atoms with Gasteiger partial charge in [0.2, 0.25) is 0 Å². The van der Waals surface area contributed by atoms with E-state index in [1.165, 1.54) is 19.2 Å². The first-order chi connectivity index (χ1) is 11.2. The average molecular weight is 340 g/mol. The molecule has 0 atom stereocenters. The van der Waals surface area contributed by atoms with Crippen molar-refractivity contribution in [3.05, 3.63) is 53.2 Å². The van der Waals surface area contributed by atoms with Crippen LogP contribution < -0.4 is 5.43 Å². The van der Waals surface area contributed by atoms with Crippen molar-refractivity contribution in [1.82, 2.24) is 10.4 Å². The lowest BCUT2D eigenvalue weighted by molar-refractivity contribution is -0.137. The van der Waals surface area contributed by atoms with Crippen LogP contribution >= 0.6 is 0 Å². The monoisotopic (exact) mass is 340 g/mol. The van der Waals surface area contributed by atoms with Crippen LogP contribution in [0.4, 0.5) is 13.2 Å². The minimum absolute atomic E-state index is 0.319. The molecular weight excluding hydrogens is 321 g/mol. The Hall–Kier alpha value is -2.44. The number of nitrogens with one attached hydrogen (secondary N) is 1. The fourth-order valence-electron chi connectivity index (χ4n) is 2.29. The van der Waals surface area contributed by atoms with E-state index in [1.807, 2.05) is 13.8 Å². The van der Waals surface area contributed by atoms with Crippen LogP contribution in [0, 0.1) is 5.92 Å². The maximum Gasteiger partial charge on any atom is 0.416 e. The van der Waals surface area contributed by atoms with E-state index >= 15 is 0 Å². The lowest BCUT2D eigenvalue weighted by atomic mass is 10.1. The third-order valence-corrected chi connectivity index (χ3v) is 3.36. The van der Waals surface area contributed by atoms with Gasteiger partial charge < -0.3 is 4.74 Å². The summed E-state index contributed by atoms with van der Waals surface area (Å²) < 4.78 is 42.8. The number of carbonyl (C=O) groups is 1. The SMILES string of the molecule is COC(=O)C1=CN(CC(C)C)NC(c2ccc(C(F)(F)F)cc2)=C1. The molecule has 0 aliphatic carbocycles. The number of esters is 1. The molecule has 1 aromatic rings. The van der Waals surface area contributed by atoms with Gasteiger partial charge in [0, 0.05) is 12.7 Å². The van der Waals surface area contributed by atoms with E-state index < -0.39 is 17.7 Å². The van der Waals surface area contributed by atoms with E-state index in [1.54, 1.807) is 17.3 Å². The Labute approximate surface area is 138 Å². The Balaban J connectivity index is 2.32. The predicted molar refractivity (Wildman–Crippen MR) is 84.2 cm³/mol. The summed E-state index contributed by atoms with van der Waals surface area (Å²) in [5.74, 6) is -0.186. The van der Waals surface area contributed by atoms with E-state index in [-0.39, 0.29) is 0 Å². The van der Waals surface area contributed by atoms with Crippen LogP contribution in [0.2, 0.25) is 0 Å². The van der Waals surface area contributed by atoms with E-state index in [4.69, 9.17) is 4.74 Å². The van der Waals surface area contributed by atoms with Crippen LogP contribution in [0.5, 0.6) is 0 Å². The summed E-state index contributed by atoms with van der Waals surface area (Å²) >= 11 is 0. The van der Waals surface area contributed by atoms with Gasteiger partial charge in [-0.15, -0.1) is 0 Å². The fraction of sp³-hybridized carbons (Fsp3) is 0.353. The van der Waals surface area contributed by atoms with Gasteiger partial charge in [0.1, 0.15) is 0 Å². The zero-order chi connectivity index (χ0) is 17.9. The lowest BCUT2D eigenvalue weighted by Gasteiger charge is -2.30. The molecule has 1 aliphatic rings. The highest BCUT2D eigenvalue weighted by molar-refractivity contribution is 5.94. The number of methoxy groups -OCH3 is 1. The summed E-state index contributed by atoms with van der Waals surface area (Å²) in [6, 6.07) is 4.77. The van der Waals surface area contributed by atoms with Gasteiger partial charge >= 0.3 is 12.1 Å². The Morgan fingerprint density at radius 2 is 1.88 bits per heavy atom. The van der Waals surface area contributed by atoms with Crippen molar-refractivity contribution in [3.8, 4) is 0 Å². The summed E-state index contributed by atoms with van der Waals surface area (Å²) in [6.45, 7) is 4.66. The molecule has 2 rings (SSSR count). The van der Waals surface area contributed by atoms with Crippen LogP contribution in [0.1, 0.15) is 25.0 Å². The molecule has 0 saturated heterocycles. The zero-order valence-electron chi connectivity index (χ0n) is 13.6. The van der Waals surface area contributed by atoms with E-state index in [9.17, 15) is 18.0 Å². The highest BCUT2D eigenvalue weighted by Crippen LogP contribution is 2.30. The Morgan fingerprint density at radius 3 is 2.38 bits per heavy atom. The number of hydrogen-bond donors (Lipinski definition) is 1. The third kappa shape index (κ3) is 4.31. The first kappa shape index (κ1) is 17.9. The number of hydrazine groups is 1. The van der Waals surface area contributed by atoms with Gasteiger partial charge in [-0.1, -0.05) is 26.0 Å². The van der Waals surface area contributed by atoms with Gasteiger partial charge in [0.15, 0.2) is 0 Å². The van der Waals surface area contributed by atoms with Crippen molar-refractivity contribution >= 4 is 11.7 Å². The molecule has 0 amide bonds. The maximum absolute atomic E-state index is 12.7. The molecule has 7 heteroatoms. The van der Waals surface area contributed by atoms with Crippen molar-refractivity contribution in [2.45, 2.75) is 20.0 Å². The largest absolute Gasteiger partial charge is 0.465 e. The molecule has 1 aliphatic heterocycles. The number of hydrogen-bond acceptors (Lipinski definition) is 4. The molecule has 0 fully saturated rings. The standard InChI is InChI=1S/C17H19F3N2O2/c1-11(2)9-22-10-13(16(23)24-3)8-15(21-22)12-4-6-14(7-5-12)17(18,19)20/h4-8,10-11,21H,9H2,1-3H3. The first-order valence-electron chi connectivity index (χ1n) is 7.43. The molecule has 0 aromatic heterocycles. The van der Waals surface area contributed by atoms with Crippen LogP contribution in [0.25, 0.3) is 5.70 Å². The van der Waals surface area contributed by atoms with Crippen molar-refractivity contribution in [2.75, 3.05) is 13.7 Å². The molecule has 1 heterocycles. The van der Waals surface area contributed by atoms with Crippen LogP contribution in [0.3, 0.4) is 0 Å². The summed E-state index contributed by atoms with van der Waals surface area (Å²) in [5, 5.41) is 1.73. The van der Waals surface area contributed by atoms with Crippen molar-refractivity contribution in [2.24, 2.45) is 5.92 Å². The quantitative estimate of drug-likeness (QED) is 0.851. The molecular formula is C17H19F3N2O2. The zero-order valence-corrected chi connectivity index (χ0v) is 13.6. The number of nitrogens with zero attached hydrogens (tertiary/aromatic N) is 1. The van der Waals surface area contributed by atoms with Gasteiger partial charge in [-0.2, -0.15) is 13.2 Å². The van der Waals surface area contributed by atoms with Gasteiger partial charge in [0.25, 0.3) is 0 Å². The Kier molecular flexibility index (Phi) is 5.21. The second-order valence-corrected chi connectivity index (χ2v) is 5.87. The second-order valence-electron chi connectivity index (χ2n) is 5.87. The lowest BCUT2D eigenvalue weighted by Crippen LogP contribution is -2.38. The average Bonchev–Trinajstić information content (AvgIpc) is 2.52. The van der Waals surface area contributed by atoms with Gasteiger partial charge in [0.05, 0.1) is 23.9 Å². The summed E-state index contributed by atoms with van der Waals surface area (Å²) in [6.07, 6.45) is -1.20. The highest BCUT2D eigenvalue weighted by atomic mass is 19.4. The minimum Gasteiger partial charge on any atom is -0.465 e. The Bertz CT molecular complexity index is 661. The number of benzene rings is 1. The molecule has 1 aromatic carbocycles. The molecule has 4 nitrogen and oxygen atoms in total. The number of alkyl halides is 3. The summed E-state index contributed by atoms with van der Waals surface area (Å²) in [4.78, 5) is 11.8. The fourth-order valence-corrected chi connectivity index (χ4v) is 2.29. The van der Waals surface area contributed by atoms with Gasteiger partial charge in [-0.25, -0.2) is 4.79 Å². The number of ether oxygens (including phenoxy) is 1. The first-order valence-corrected chi connectivity index (χ1v) is 7.43. The van der Waals surface area contributed by atoms with Crippen LogP contribution in [-0.2, 0) is 15.7 Å². The molecule has 0 radical (unpaired) electrons. The smallest absolute Gasteiger partial charge is 0.416 e. The number of carbonyl (C=O) groups excluding carboxylic acids is 1. The predicted octanol–water partition coefficient (Wildman–Crippen LogP) is 3.58.